The van der Waals surface area contributed by atoms with Gasteiger partial charge in [-0.25, -0.2) is 0 Å². The predicted octanol–water partition coefficient (Wildman–Crippen LogP) is 9.82. The molecule has 0 N–H and O–H groups in total. The molecule has 0 radical (unpaired) electrons. The molecular formula is C37H30BBr2F4NO. The van der Waals surface area contributed by atoms with Crippen LogP contribution in [0.3, 0.4) is 0 Å². The Hall–Kier alpha value is -3.95. The lowest BCUT2D eigenvalue weighted by Gasteiger charge is -2.18. The van der Waals surface area contributed by atoms with Crippen molar-refractivity contribution < 1.29 is 26.6 Å². The first-order chi connectivity index (χ1) is 21.8. The van der Waals surface area contributed by atoms with E-state index in [1.54, 1.807) is 0 Å². The van der Waals surface area contributed by atoms with Crippen LogP contribution in [0, 0.1) is 0 Å². The largest absolute Gasteiger partial charge is 0.673 e. The van der Waals surface area contributed by atoms with E-state index in [9.17, 15) is 17.3 Å². The molecule has 0 amide bonds. The predicted molar refractivity (Wildman–Crippen MR) is 189 cm³/mol. The Morgan fingerprint density at radius 2 is 1.24 bits per heavy atom. The van der Waals surface area contributed by atoms with E-state index in [1.165, 1.54) is 22.2 Å². The van der Waals surface area contributed by atoms with Crippen LogP contribution in [0.2, 0.25) is 0 Å². The number of nitrogens with zero attached hydrogens (tertiary/aromatic N) is 1. The van der Waals surface area contributed by atoms with Crippen molar-refractivity contribution in [3.63, 3.8) is 0 Å². The van der Waals surface area contributed by atoms with Crippen LogP contribution in [0.25, 0.3) is 23.5 Å². The number of fused-ring (bicyclic) bond motifs is 1. The van der Waals surface area contributed by atoms with Gasteiger partial charge in [0.1, 0.15) is 18.6 Å². The molecule has 0 aromatic heterocycles. The quantitative estimate of drug-likeness (QED) is 0.115. The Labute approximate surface area is 282 Å². The maximum absolute atomic E-state index is 9.75. The summed E-state index contributed by atoms with van der Waals surface area (Å²) in [6, 6.07) is 33.9. The molecule has 2 aliphatic heterocycles. The minimum absolute atomic E-state index is 0.0438. The molecule has 2 nitrogen and oxygen atoms in total. The van der Waals surface area contributed by atoms with E-state index in [1.807, 2.05) is 18.2 Å². The maximum Gasteiger partial charge on any atom is 0.673 e. The van der Waals surface area contributed by atoms with Gasteiger partial charge in [0.15, 0.2) is 5.71 Å². The van der Waals surface area contributed by atoms with Crippen LogP contribution in [0.15, 0.2) is 130 Å². The monoisotopic (exact) mass is 749 g/mol. The first kappa shape index (κ1) is 33.4. The Balaban J connectivity index is 0.000000775. The van der Waals surface area contributed by atoms with E-state index in [4.69, 9.17) is 4.74 Å². The highest BCUT2D eigenvalue weighted by Gasteiger charge is 2.42. The number of hydrogen-bond donors (Lipinski definition) is 0. The zero-order valence-electron chi connectivity index (χ0n) is 25.3. The summed E-state index contributed by atoms with van der Waals surface area (Å²) in [4.78, 5) is 0. The molecule has 46 heavy (non-hydrogen) atoms. The van der Waals surface area contributed by atoms with Crippen LogP contribution >= 0.6 is 31.9 Å². The third-order valence-electron chi connectivity index (χ3n) is 7.74. The Bertz CT molecular complexity index is 1980. The summed E-state index contributed by atoms with van der Waals surface area (Å²) in [7, 11) is -3.84. The SMILES string of the molecule is C[N+]1=C(C=c2ccc(=C/C=C3\C=C(c4ccc(Br)cc4)C=C(c4ccc(Br)cc4)O3)cc2)C(C)(C)c2ccccc21.F[B-](F)(F)F. The minimum Gasteiger partial charge on any atom is -0.457 e. The molecule has 0 unspecified atom stereocenters. The number of hydrogen-bond acceptors (Lipinski definition) is 1. The smallest absolute Gasteiger partial charge is 0.457 e. The molecule has 2 heterocycles. The summed E-state index contributed by atoms with van der Waals surface area (Å²) >= 11 is 7.08. The molecule has 234 valence electrons. The lowest BCUT2D eigenvalue weighted by Crippen LogP contribution is -2.28. The number of para-hydroxylation sites is 1. The molecule has 6 rings (SSSR count). The maximum atomic E-state index is 9.75. The number of halogens is 6. The van der Waals surface area contributed by atoms with E-state index in [0.717, 1.165) is 42.4 Å². The van der Waals surface area contributed by atoms with Gasteiger partial charge in [0, 0.05) is 32.2 Å². The van der Waals surface area contributed by atoms with E-state index < -0.39 is 7.25 Å². The van der Waals surface area contributed by atoms with E-state index >= 15 is 0 Å². The molecule has 0 bridgehead atoms. The van der Waals surface area contributed by atoms with Crippen LogP contribution in [-0.2, 0) is 10.2 Å². The van der Waals surface area contributed by atoms with Crippen molar-refractivity contribution in [1.29, 1.82) is 0 Å². The number of ether oxygens (including phenoxy) is 1. The van der Waals surface area contributed by atoms with Crippen molar-refractivity contribution in [2.24, 2.45) is 0 Å². The minimum atomic E-state index is -6.00. The standard InChI is InChI=1S/C37H30Br2NO.BF4/c1-37(2)33-6-4-5-7-34(33)40(3)36(37)22-26-10-8-25(9-11-26)12-21-32-23-29(27-13-17-30(38)18-14-27)24-35(41-32)28-15-19-31(39)20-16-28;2-1(3,4)5/h4-24H,1-3H3;/q+1;-1/b25-12?,26-22?,32-21+;. The van der Waals surface area contributed by atoms with Crippen LogP contribution < -0.4 is 10.4 Å². The Morgan fingerprint density at radius 1 is 0.696 bits per heavy atom. The van der Waals surface area contributed by atoms with E-state index in [2.05, 4.69) is 167 Å². The van der Waals surface area contributed by atoms with Gasteiger partial charge in [-0.15, -0.1) is 0 Å². The number of allylic oxidation sites excluding steroid dienone is 4. The van der Waals surface area contributed by atoms with Crippen molar-refractivity contribution in [1.82, 2.24) is 0 Å². The summed E-state index contributed by atoms with van der Waals surface area (Å²) in [6.07, 6.45) is 10.6. The van der Waals surface area contributed by atoms with Gasteiger partial charge < -0.3 is 22.0 Å². The van der Waals surface area contributed by atoms with Crippen molar-refractivity contribution in [2.75, 3.05) is 7.05 Å². The summed E-state index contributed by atoms with van der Waals surface area (Å²) in [5, 5.41) is 2.30. The van der Waals surface area contributed by atoms with Gasteiger partial charge in [-0.1, -0.05) is 105 Å². The van der Waals surface area contributed by atoms with E-state index in [-0.39, 0.29) is 5.41 Å². The second-order valence-corrected chi connectivity index (χ2v) is 13.2. The molecule has 0 saturated carbocycles. The fourth-order valence-corrected chi connectivity index (χ4v) is 6.00. The summed E-state index contributed by atoms with van der Waals surface area (Å²) in [6.45, 7) is 4.60. The zero-order valence-corrected chi connectivity index (χ0v) is 28.5. The van der Waals surface area contributed by atoms with Crippen molar-refractivity contribution in [3.05, 3.63) is 157 Å². The summed E-state index contributed by atoms with van der Waals surface area (Å²) in [5.74, 6) is 1.62. The van der Waals surface area contributed by atoms with Crippen LogP contribution in [0.4, 0.5) is 23.0 Å². The van der Waals surface area contributed by atoms with Crippen LogP contribution in [0.5, 0.6) is 0 Å². The molecule has 0 atom stereocenters. The molecule has 0 saturated heterocycles. The third kappa shape index (κ3) is 8.25. The first-order valence-electron chi connectivity index (χ1n) is 14.5. The lowest BCUT2D eigenvalue weighted by molar-refractivity contribution is -0.400. The van der Waals surface area contributed by atoms with Gasteiger partial charge in [0.25, 0.3) is 0 Å². The lowest BCUT2D eigenvalue weighted by atomic mass is 9.81. The first-order valence-corrected chi connectivity index (χ1v) is 16.1. The second kappa shape index (κ2) is 13.8. The van der Waals surface area contributed by atoms with Gasteiger partial charge in [-0.05, 0) is 77.9 Å². The second-order valence-electron chi connectivity index (χ2n) is 11.4. The van der Waals surface area contributed by atoms with Gasteiger partial charge in [-0.2, -0.15) is 4.58 Å². The molecule has 0 spiro atoms. The van der Waals surface area contributed by atoms with Crippen molar-refractivity contribution in [2.45, 2.75) is 19.3 Å². The molecular weight excluding hydrogens is 721 g/mol. The summed E-state index contributed by atoms with van der Waals surface area (Å²) in [5.41, 5.74) is 7.17. The Morgan fingerprint density at radius 3 is 1.83 bits per heavy atom. The zero-order chi connectivity index (χ0) is 33.1. The highest BCUT2D eigenvalue weighted by Crippen LogP contribution is 2.39. The fourth-order valence-electron chi connectivity index (χ4n) is 5.47. The molecule has 2 aliphatic rings. The van der Waals surface area contributed by atoms with Gasteiger partial charge >= 0.3 is 7.25 Å². The highest BCUT2D eigenvalue weighted by atomic mass is 79.9. The van der Waals surface area contributed by atoms with E-state index in [0.29, 0.717) is 0 Å². The van der Waals surface area contributed by atoms with Gasteiger partial charge in [0.2, 0.25) is 5.69 Å². The van der Waals surface area contributed by atoms with Crippen molar-refractivity contribution >= 4 is 74.0 Å². The van der Waals surface area contributed by atoms with Gasteiger partial charge in [-0.3, -0.25) is 0 Å². The normalized spacial score (nSPS) is 16.1. The van der Waals surface area contributed by atoms with Crippen molar-refractivity contribution in [3.8, 4) is 0 Å². The Kier molecular flexibility index (Phi) is 10.0. The molecule has 0 aliphatic carbocycles. The average molecular weight is 751 g/mol. The summed E-state index contributed by atoms with van der Waals surface area (Å²) < 4.78 is 49.8. The van der Waals surface area contributed by atoms with Crippen LogP contribution in [0.1, 0.15) is 30.5 Å². The number of rotatable bonds is 4. The number of benzene rings is 4. The highest BCUT2D eigenvalue weighted by molar-refractivity contribution is 9.10. The molecule has 9 heteroatoms. The third-order valence-corrected chi connectivity index (χ3v) is 8.80. The molecule has 4 aromatic rings. The molecule has 0 fully saturated rings. The topological polar surface area (TPSA) is 12.2 Å². The molecule has 4 aromatic carbocycles. The van der Waals surface area contributed by atoms with Gasteiger partial charge in [0.05, 0.1) is 5.41 Å². The van der Waals surface area contributed by atoms with Crippen LogP contribution in [-0.4, -0.2) is 24.6 Å². The fraction of sp³-hybridized carbons (Fsp3) is 0.108. The average Bonchev–Trinajstić information content (AvgIpc) is 3.21.